The van der Waals surface area contributed by atoms with E-state index in [0.717, 1.165) is 11.1 Å². The number of carbonyl (C=O) groups is 2. The maximum Gasteiger partial charge on any atom is 0.471 e. The maximum atomic E-state index is 13.6. The van der Waals surface area contributed by atoms with Crippen molar-refractivity contribution in [1.29, 1.82) is 0 Å². The first-order chi connectivity index (χ1) is 16.3. The molecule has 9 heteroatoms. The Balaban J connectivity index is 1.87. The molecule has 0 aliphatic carbocycles. The molecule has 0 radical (unpaired) electrons. The Bertz CT molecular complexity index is 1070. The Hall–Kier alpha value is -3.75. The molecule has 0 saturated heterocycles. The minimum atomic E-state index is -5.13. The standard InChI is InChI=1S/C25H25F3N4O2/c1-18-4-6-21(7-5-18)22(23(33)31-15-10-19-8-13-29-14-9-19)32(24(34)25(26,27)28)16-11-20-3-2-12-30-17-20/h2-9,12-14,17,22H,10-11,15-16H2,1H3,(H,31,33). The van der Waals surface area contributed by atoms with E-state index in [-0.39, 0.29) is 19.5 Å². The zero-order valence-electron chi connectivity index (χ0n) is 18.6. The average Bonchev–Trinajstić information content (AvgIpc) is 2.83. The van der Waals surface area contributed by atoms with Crippen LogP contribution in [0, 0.1) is 6.92 Å². The number of alkyl halides is 3. The van der Waals surface area contributed by atoms with Crippen LogP contribution in [0.25, 0.3) is 0 Å². The van der Waals surface area contributed by atoms with Gasteiger partial charge in [0.25, 0.3) is 0 Å². The Labute approximate surface area is 195 Å². The number of benzene rings is 1. The molecule has 0 saturated carbocycles. The van der Waals surface area contributed by atoms with Crippen molar-refractivity contribution in [2.24, 2.45) is 0 Å². The number of nitrogens with one attached hydrogen (secondary N) is 1. The minimum Gasteiger partial charge on any atom is -0.354 e. The Morgan fingerprint density at radius 3 is 2.26 bits per heavy atom. The Morgan fingerprint density at radius 2 is 1.65 bits per heavy atom. The van der Waals surface area contributed by atoms with Crippen molar-refractivity contribution in [2.75, 3.05) is 13.1 Å². The van der Waals surface area contributed by atoms with Crippen molar-refractivity contribution in [3.63, 3.8) is 0 Å². The van der Waals surface area contributed by atoms with Gasteiger partial charge in [-0.2, -0.15) is 13.2 Å². The Kier molecular flexibility index (Phi) is 8.34. The van der Waals surface area contributed by atoms with Gasteiger partial charge in [-0.1, -0.05) is 35.9 Å². The predicted molar refractivity (Wildman–Crippen MR) is 121 cm³/mol. The van der Waals surface area contributed by atoms with E-state index in [0.29, 0.717) is 22.4 Å². The number of nitrogens with zero attached hydrogens (tertiary/aromatic N) is 3. The van der Waals surface area contributed by atoms with Crippen LogP contribution in [0.15, 0.2) is 73.3 Å². The lowest BCUT2D eigenvalue weighted by Gasteiger charge is -2.32. The molecule has 1 unspecified atom stereocenters. The van der Waals surface area contributed by atoms with Crippen LogP contribution < -0.4 is 5.32 Å². The van der Waals surface area contributed by atoms with E-state index in [2.05, 4.69) is 15.3 Å². The molecular weight excluding hydrogens is 445 g/mol. The Morgan fingerprint density at radius 1 is 0.941 bits per heavy atom. The summed E-state index contributed by atoms with van der Waals surface area (Å²) in [5.74, 6) is -2.74. The highest BCUT2D eigenvalue weighted by atomic mass is 19.4. The van der Waals surface area contributed by atoms with Crippen LogP contribution >= 0.6 is 0 Å². The monoisotopic (exact) mass is 470 g/mol. The molecule has 178 valence electrons. The molecule has 1 N–H and O–H groups in total. The van der Waals surface area contributed by atoms with Gasteiger partial charge in [0, 0.05) is 37.9 Å². The van der Waals surface area contributed by atoms with E-state index in [1.807, 2.05) is 6.92 Å². The number of aryl methyl sites for hydroxylation is 1. The van der Waals surface area contributed by atoms with Gasteiger partial charge < -0.3 is 10.2 Å². The van der Waals surface area contributed by atoms with Crippen LogP contribution in [0.4, 0.5) is 13.2 Å². The molecule has 0 aliphatic rings. The molecule has 0 aliphatic heterocycles. The molecule has 0 spiro atoms. The average molecular weight is 470 g/mol. The lowest BCUT2D eigenvalue weighted by atomic mass is 10.0. The SMILES string of the molecule is Cc1ccc(C(C(=O)NCCc2ccncc2)N(CCc2cccnc2)C(=O)C(F)(F)F)cc1. The van der Waals surface area contributed by atoms with Crippen molar-refractivity contribution >= 4 is 11.8 Å². The summed E-state index contributed by atoms with van der Waals surface area (Å²) >= 11 is 0. The largest absolute Gasteiger partial charge is 0.471 e. The summed E-state index contributed by atoms with van der Waals surface area (Å²) in [6.07, 6.45) is 1.76. The highest BCUT2D eigenvalue weighted by Crippen LogP contribution is 2.28. The molecule has 34 heavy (non-hydrogen) atoms. The number of aromatic nitrogens is 2. The van der Waals surface area contributed by atoms with E-state index in [1.165, 1.54) is 6.20 Å². The first kappa shape index (κ1) is 24.9. The van der Waals surface area contributed by atoms with Gasteiger partial charge in [0.15, 0.2) is 0 Å². The first-order valence-corrected chi connectivity index (χ1v) is 10.8. The van der Waals surface area contributed by atoms with E-state index in [4.69, 9.17) is 0 Å². The fraction of sp³-hybridized carbons (Fsp3) is 0.280. The van der Waals surface area contributed by atoms with Crippen molar-refractivity contribution in [2.45, 2.75) is 32.0 Å². The number of amides is 2. The maximum absolute atomic E-state index is 13.6. The van der Waals surface area contributed by atoms with Gasteiger partial charge in [0.1, 0.15) is 6.04 Å². The van der Waals surface area contributed by atoms with Gasteiger partial charge in [-0.05, 0) is 54.7 Å². The van der Waals surface area contributed by atoms with Gasteiger partial charge in [-0.3, -0.25) is 19.6 Å². The van der Waals surface area contributed by atoms with E-state index < -0.39 is 24.0 Å². The highest BCUT2D eigenvalue weighted by Gasteiger charge is 2.46. The molecule has 3 aromatic rings. The first-order valence-electron chi connectivity index (χ1n) is 10.8. The summed E-state index contributed by atoms with van der Waals surface area (Å²) in [4.78, 5) is 34.2. The summed E-state index contributed by atoms with van der Waals surface area (Å²) in [7, 11) is 0. The van der Waals surface area contributed by atoms with Crippen molar-refractivity contribution < 1.29 is 22.8 Å². The zero-order valence-corrected chi connectivity index (χ0v) is 18.6. The highest BCUT2D eigenvalue weighted by molar-refractivity contribution is 5.90. The third-order valence-corrected chi connectivity index (χ3v) is 5.28. The summed E-state index contributed by atoms with van der Waals surface area (Å²) in [5, 5.41) is 2.70. The van der Waals surface area contributed by atoms with Gasteiger partial charge in [0.2, 0.25) is 5.91 Å². The number of hydrogen-bond donors (Lipinski definition) is 1. The molecule has 1 aromatic carbocycles. The zero-order chi connectivity index (χ0) is 24.6. The number of carbonyl (C=O) groups excluding carboxylic acids is 2. The van der Waals surface area contributed by atoms with E-state index in [1.54, 1.807) is 67.1 Å². The smallest absolute Gasteiger partial charge is 0.354 e. The minimum absolute atomic E-state index is 0.113. The summed E-state index contributed by atoms with van der Waals surface area (Å²) in [5.41, 5.74) is 2.76. The van der Waals surface area contributed by atoms with Crippen LogP contribution in [-0.2, 0) is 22.4 Å². The van der Waals surface area contributed by atoms with Gasteiger partial charge in [-0.15, -0.1) is 0 Å². The van der Waals surface area contributed by atoms with Crippen molar-refractivity contribution in [1.82, 2.24) is 20.2 Å². The lowest BCUT2D eigenvalue weighted by molar-refractivity contribution is -0.188. The molecule has 3 rings (SSSR count). The number of pyridine rings is 2. The molecule has 1 atom stereocenters. The second-order valence-electron chi connectivity index (χ2n) is 7.82. The third kappa shape index (κ3) is 6.87. The molecule has 0 fully saturated rings. The summed E-state index contributed by atoms with van der Waals surface area (Å²) < 4.78 is 40.7. The van der Waals surface area contributed by atoms with E-state index in [9.17, 15) is 22.8 Å². The molecule has 2 amide bonds. The fourth-order valence-corrected chi connectivity index (χ4v) is 3.50. The number of hydrogen-bond acceptors (Lipinski definition) is 4. The molecule has 6 nitrogen and oxygen atoms in total. The third-order valence-electron chi connectivity index (χ3n) is 5.28. The molecule has 2 heterocycles. The predicted octanol–water partition coefficient (Wildman–Crippen LogP) is 3.82. The van der Waals surface area contributed by atoms with Crippen LogP contribution in [0.1, 0.15) is 28.3 Å². The van der Waals surface area contributed by atoms with Gasteiger partial charge in [-0.25, -0.2) is 0 Å². The topological polar surface area (TPSA) is 75.2 Å². The van der Waals surface area contributed by atoms with Gasteiger partial charge >= 0.3 is 12.1 Å². The van der Waals surface area contributed by atoms with Crippen LogP contribution in [0.3, 0.4) is 0 Å². The molecular formula is C25H25F3N4O2. The second-order valence-corrected chi connectivity index (χ2v) is 7.82. The fourth-order valence-electron chi connectivity index (χ4n) is 3.50. The van der Waals surface area contributed by atoms with Crippen LogP contribution in [-0.4, -0.2) is 45.9 Å². The summed E-state index contributed by atoms with van der Waals surface area (Å²) in [6, 6.07) is 12.0. The normalized spacial score (nSPS) is 12.1. The summed E-state index contributed by atoms with van der Waals surface area (Å²) in [6.45, 7) is 1.72. The van der Waals surface area contributed by atoms with Crippen LogP contribution in [0.5, 0.6) is 0 Å². The second kappa shape index (κ2) is 11.4. The van der Waals surface area contributed by atoms with Gasteiger partial charge in [0.05, 0.1) is 0 Å². The number of halogens is 3. The lowest BCUT2D eigenvalue weighted by Crippen LogP contribution is -2.49. The quantitative estimate of drug-likeness (QED) is 0.516. The molecule has 2 aromatic heterocycles. The van der Waals surface area contributed by atoms with E-state index >= 15 is 0 Å². The van der Waals surface area contributed by atoms with Crippen LogP contribution in [0.2, 0.25) is 0 Å². The number of rotatable bonds is 9. The van der Waals surface area contributed by atoms with Crippen molar-refractivity contribution in [3.8, 4) is 0 Å². The van der Waals surface area contributed by atoms with Crippen molar-refractivity contribution in [3.05, 3.63) is 95.6 Å². The molecule has 0 bridgehead atoms.